The number of anilines is 1. The molecule has 0 aromatic carbocycles. The van der Waals surface area contributed by atoms with Crippen LogP contribution in [0.2, 0.25) is 0 Å². The summed E-state index contributed by atoms with van der Waals surface area (Å²) in [6.45, 7) is 1.41. The van der Waals surface area contributed by atoms with Crippen LogP contribution in [0.1, 0.15) is 18.9 Å². The monoisotopic (exact) mass is 340 g/mol. The van der Waals surface area contributed by atoms with Crippen LogP contribution in [-0.4, -0.2) is 29.1 Å². The zero-order chi connectivity index (χ0) is 14.6. The highest BCUT2D eigenvalue weighted by Crippen LogP contribution is 2.36. The quantitative estimate of drug-likeness (QED) is 0.894. The van der Waals surface area contributed by atoms with E-state index < -0.39 is 24.3 Å². The number of pyridine rings is 1. The van der Waals surface area contributed by atoms with E-state index in [9.17, 15) is 18.0 Å². The Morgan fingerprint density at radius 2 is 2.16 bits per heavy atom. The van der Waals surface area contributed by atoms with Gasteiger partial charge in [0, 0.05) is 17.2 Å². The van der Waals surface area contributed by atoms with Crippen molar-refractivity contribution in [3.63, 3.8) is 0 Å². The minimum absolute atomic E-state index is 0.185. The van der Waals surface area contributed by atoms with Crippen molar-refractivity contribution in [1.29, 1.82) is 0 Å². The van der Waals surface area contributed by atoms with Gasteiger partial charge in [-0.1, -0.05) is 6.92 Å². The summed E-state index contributed by atoms with van der Waals surface area (Å²) >= 11 is 2.93. The van der Waals surface area contributed by atoms with Crippen LogP contribution in [0.3, 0.4) is 0 Å². The third kappa shape index (κ3) is 4.38. The van der Waals surface area contributed by atoms with E-state index in [1.165, 1.54) is 6.20 Å². The number of carboxylic acid groups (broad SMARTS) is 1. The molecular formula is C11H12BrF3N2O2. The van der Waals surface area contributed by atoms with Gasteiger partial charge in [0.1, 0.15) is 12.4 Å². The molecule has 0 unspecified atom stereocenters. The maximum atomic E-state index is 12.9. The van der Waals surface area contributed by atoms with E-state index in [1.54, 1.807) is 6.92 Å². The summed E-state index contributed by atoms with van der Waals surface area (Å²) in [4.78, 5) is 15.5. The summed E-state index contributed by atoms with van der Waals surface area (Å²) < 4.78 is 39.0. The zero-order valence-electron chi connectivity index (χ0n) is 10.0. The number of carbonyl (C=O) groups is 1. The third-order valence-electron chi connectivity index (χ3n) is 2.26. The molecule has 0 aliphatic heterocycles. The maximum Gasteiger partial charge on any atom is 0.419 e. The van der Waals surface area contributed by atoms with Gasteiger partial charge in [0.25, 0.3) is 0 Å². The predicted molar refractivity (Wildman–Crippen MR) is 67.1 cm³/mol. The van der Waals surface area contributed by atoms with Crippen LogP contribution in [0.4, 0.5) is 19.0 Å². The van der Waals surface area contributed by atoms with Crippen LogP contribution in [-0.2, 0) is 11.0 Å². The number of nitrogens with zero attached hydrogens (tertiary/aromatic N) is 2. The van der Waals surface area contributed by atoms with Crippen LogP contribution < -0.4 is 4.90 Å². The highest BCUT2D eigenvalue weighted by atomic mass is 79.9. The Labute approximate surface area is 116 Å². The Balaban J connectivity index is 3.25. The average molecular weight is 341 g/mol. The van der Waals surface area contributed by atoms with Crippen molar-refractivity contribution in [2.75, 3.05) is 18.0 Å². The number of aromatic nitrogens is 1. The lowest BCUT2D eigenvalue weighted by molar-refractivity contribution is -0.138. The van der Waals surface area contributed by atoms with Gasteiger partial charge < -0.3 is 10.0 Å². The summed E-state index contributed by atoms with van der Waals surface area (Å²) in [6, 6.07) is 0.896. The molecule has 1 aromatic rings. The number of alkyl halides is 3. The van der Waals surface area contributed by atoms with Gasteiger partial charge in [0.05, 0.1) is 5.56 Å². The van der Waals surface area contributed by atoms with Crippen LogP contribution in [0.5, 0.6) is 0 Å². The Morgan fingerprint density at radius 1 is 1.53 bits per heavy atom. The number of aliphatic carboxylic acids is 1. The standard InChI is InChI=1S/C11H12BrF3N2O2/c1-2-3-17(6-9(18)19)10-8(11(13,14)15)4-7(12)5-16-10/h4-5H,2-3,6H2,1H3,(H,18,19). The van der Waals surface area contributed by atoms with E-state index in [0.29, 0.717) is 6.42 Å². The van der Waals surface area contributed by atoms with Crippen LogP contribution in [0, 0.1) is 0 Å². The number of halogens is 4. The molecule has 0 fully saturated rings. The fourth-order valence-corrected chi connectivity index (χ4v) is 1.92. The second kappa shape index (κ2) is 6.23. The Hall–Kier alpha value is -1.31. The first-order valence-electron chi connectivity index (χ1n) is 5.45. The van der Waals surface area contributed by atoms with Gasteiger partial charge in [-0.25, -0.2) is 4.98 Å². The highest BCUT2D eigenvalue weighted by Gasteiger charge is 2.36. The minimum atomic E-state index is -4.59. The van der Waals surface area contributed by atoms with Gasteiger partial charge in [-0.2, -0.15) is 13.2 Å². The largest absolute Gasteiger partial charge is 0.480 e. The molecule has 8 heteroatoms. The lowest BCUT2D eigenvalue weighted by atomic mass is 10.2. The molecule has 19 heavy (non-hydrogen) atoms. The molecule has 1 N–H and O–H groups in total. The zero-order valence-corrected chi connectivity index (χ0v) is 11.6. The van der Waals surface area contributed by atoms with E-state index in [0.717, 1.165) is 11.0 Å². The Kier molecular flexibility index (Phi) is 5.16. The maximum absolute atomic E-state index is 12.9. The summed E-state index contributed by atoms with van der Waals surface area (Å²) in [5, 5.41) is 8.76. The molecule has 0 radical (unpaired) electrons. The number of carboxylic acids is 1. The lowest BCUT2D eigenvalue weighted by Crippen LogP contribution is -2.33. The average Bonchev–Trinajstić information content (AvgIpc) is 2.26. The lowest BCUT2D eigenvalue weighted by Gasteiger charge is -2.24. The molecule has 0 bridgehead atoms. The fourth-order valence-electron chi connectivity index (χ4n) is 1.59. The van der Waals surface area contributed by atoms with E-state index in [-0.39, 0.29) is 16.8 Å². The van der Waals surface area contributed by atoms with Crippen molar-refractivity contribution in [3.05, 3.63) is 22.3 Å². The molecule has 1 rings (SSSR count). The van der Waals surface area contributed by atoms with Crippen molar-refractivity contribution < 1.29 is 23.1 Å². The van der Waals surface area contributed by atoms with Crippen LogP contribution in [0.25, 0.3) is 0 Å². The molecule has 1 heterocycles. The SMILES string of the molecule is CCCN(CC(=O)O)c1ncc(Br)cc1C(F)(F)F. The van der Waals surface area contributed by atoms with Crippen molar-refractivity contribution in [2.45, 2.75) is 19.5 Å². The van der Waals surface area contributed by atoms with Gasteiger partial charge in [-0.15, -0.1) is 0 Å². The summed E-state index contributed by atoms with van der Waals surface area (Å²) in [6.07, 6.45) is -2.85. The normalized spacial score (nSPS) is 11.4. The predicted octanol–water partition coefficient (Wildman–Crippen LogP) is 3.16. The van der Waals surface area contributed by atoms with Gasteiger partial charge >= 0.3 is 12.1 Å². The molecule has 4 nitrogen and oxygen atoms in total. The molecule has 0 aliphatic rings. The fraction of sp³-hybridized carbons (Fsp3) is 0.455. The van der Waals surface area contributed by atoms with Crippen molar-refractivity contribution in [2.24, 2.45) is 0 Å². The minimum Gasteiger partial charge on any atom is -0.480 e. The number of hydrogen-bond acceptors (Lipinski definition) is 3. The van der Waals surface area contributed by atoms with Crippen molar-refractivity contribution in [3.8, 4) is 0 Å². The van der Waals surface area contributed by atoms with Gasteiger partial charge in [0.2, 0.25) is 0 Å². The topological polar surface area (TPSA) is 53.4 Å². The van der Waals surface area contributed by atoms with E-state index in [4.69, 9.17) is 5.11 Å². The first-order chi connectivity index (χ1) is 8.75. The smallest absolute Gasteiger partial charge is 0.419 e. The van der Waals surface area contributed by atoms with Gasteiger partial charge in [-0.3, -0.25) is 4.79 Å². The molecule has 0 atom stereocenters. The molecular weight excluding hydrogens is 329 g/mol. The van der Waals surface area contributed by atoms with E-state index in [2.05, 4.69) is 20.9 Å². The van der Waals surface area contributed by atoms with Gasteiger partial charge in [0.15, 0.2) is 0 Å². The van der Waals surface area contributed by atoms with E-state index >= 15 is 0 Å². The van der Waals surface area contributed by atoms with Crippen LogP contribution >= 0.6 is 15.9 Å². The van der Waals surface area contributed by atoms with Crippen molar-refractivity contribution >= 4 is 27.7 Å². The van der Waals surface area contributed by atoms with Gasteiger partial charge in [-0.05, 0) is 28.4 Å². The summed E-state index contributed by atoms with van der Waals surface area (Å²) in [5.74, 6) is -1.56. The van der Waals surface area contributed by atoms with E-state index in [1.807, 2.05) is 0 Å². The summed E-state index contributed by atoms with van der Waals surface area (Å²) in [5.41, 5.74) is -0.948. The second-order valence-electron chi connectivity index (χ2n) is 3.84. The third-order valence-corrected chi connectivity index (χ3v) is 2.69. The Morgan fingerprint density at radius 3 is 2.63 bits per heavy atom. The molecule has 0 saturated carbocycles. The van der Waals surface area contributed by atoms with Crippen LogP contribution in [0.15, 0.2) is 16.7 Å². The second-order valence-corrected chi connectivity index (χ2v) is 4.75. The summed E-state index contributed by atoms with van der Waals surface area (Å²) in [7, 11) is 0. The Bertz CT molecular complexity index is 466. The molecule has 106 valence electrons. The molecule has 0 aliphatic carbocycles. The van der Waals surface area contributed by atoms with Crippen molar-refractivity contribution in [1.82, 2.24) is 4.98 Å². The molecule has 0 saturated heterocycles. The molecule has 0 spiro atoms. The number of hydrogen-bond donors (Lipinski definition) is 1. The highest BCUT2D eigenvalue weighted by molar-refractivity contribution is 9.10. The molecule has 0 amide bonds. The number of rotatable bonds is 5. The molecule has 1 aromatic heterocycles. The first-order valence-corrected chi connectivity index (χ1v) is 6.24. The first kappa shape index (κ1) is 15.7.